The first-order chi connectivity index (χ1) is 25.8. The van der Waals surface area contributed by atoms with Crippen LogP contribution in [0.15, 0.2) is 182 Å². The lowest BCUT2D eigenvalue weighted by molar-refractivity contribution is 1.01. The highest BCUT2D eigenvalue weighted by molar-refractivity contribution is 6.29. The number of hydrogen-bond acceptors (Lipinski definition) is 2. The van der Waals surface area contributed by atoms with Gasteiger partial charge in [0.25, 0.3) is 0 Å². The van der Waals surface area contributed by atoms with E-state index in [1.54, 1.807) is 0 Å². The van der Waals surface area contributed by atoms with Crippen molar-refractivity contribution in [1.82, 2.24) is 19.1 Å². The van der Waals surface area contributed by atoms with Crippen LogP contribution in [0.1, 0.15) is 0 Å². The van der Waals surface area contributed by atoms with Gasteiger partial charge in [-0.2, -0.15) is 0 Å². The van der Waals surface area contributed by atoms with Gasteiger partial charge in [-0.3, -0.25) is 4.57 Å². The molecule has 0 N–H and O–H groups in total. The molecule has 4 heteroatoms. The fourth-order valence-electron chi connectivity index (χ4n) is 8.23. The molecule has 0 aliphatic rings. The average molecular weight is 663 g/mol. The summed E-state index contributed by atoms with van der Waals surface area (Å²) in [6, 6.07) is 64.8. The Hall–Kier alpha value is -7.04. The molecule has 0 aliphatic heterocycles. The Morgan fingerprint density at radius 3 is 1.62 bits per heavy atom. The summed E-state index contributed by atoms with van der Waals surface area (Å²) in [6.07, 6.45) is 0. The maximum Gasteiger partial charge on any atom is 0.235 e. The second-order valence-corrected chi connectivity index (χ2v) is 13.4. The number of nitrogens with zero attached hydrogens (tertiary/aromatic N) is 4. The molecule has 4 nitrogen and oxygen atoms in total. The number of fused-ring (bicyclic) bond motifs is 9. The second-order valence-electron chi connectivity index (χ2n) is 13.4. The minimum atomic E-state index is 0.657. The van der Waals surface area contributed by atoms with Crippen LogP contribution in [0.3, 0.4) is 0 Å². The van der Waals surface area contributed by atoms with Crippen molar-refractivity contribution in [2.24, 2.45) is 0 Å². The summed E-state index contributed by atoms with van der Waals surface area (Å²) >= 11 is 0. The molecule has 3 aromatic heterocycles. The largest absolute Gasteiger partial charge is 0.309 e. The van der Waals surface area contributed by atoms with Crippen molar-refractivity contribution < 1.29 is 0 Å². The first-order valence-corrected chi connectivity index (χ1v) is 17.7. The van der Waals surface area contributed by atoms with Gasteiger partial charge < -0.3 is 4.57 Å². The molecule has 8 aromatic carbocycles. The zero-order chi connectivity index (χ0) is 34.2. The average Bonchev–Trinajstić information content (AvgIpc) is 3.73. The van der Waals surface area contributed by atoms with Gasteiger partial charge in [-0.25, -0.2) is 9.97 Å². The predicted octanol–water partition coefficient (Wildman–Crippen LogP) is 12.3. The lowest BCUT2D eigenvalue weighted by atomic mass is 10.0. The van der Waals surface area contributed by atoms with E-state index in [0.717, 1.165) is 33.2 Å². The van der Waals surface area contributed by atoms with Gasteiger partial charge in [0.05, 0.1) is 39.0 Å². The van der Waals surface area contributed by atoms with Gasteiger partial charge in [-0.15, -0.1) is 0 Å². The van der Waals surface area contributed by atoms with E-state index >= 15 is 0 Å². The molecule has 0 amide bonds. The first-order valence-electron chi connectivity index (χ1n) is 17.7. The molecule has 0 bridgehead atoms. The molecule has 0 spiro atoms. The fourth-order valence-corrected chi connectivity index (χ4v) is 8.23. The van der Waals surface area contributed by atoms with Crippen LogP contribution in [0.2, 0.25) is 0 Å². The molecule has 0 aliphatic carbocycles. The summed E-state index contributed by atoms with van der Waals surface area (Å²) in [7, 11) is 0. The van der Waals surface area contributed by atoms with Crippen molar-refractivity contribution in [3.05, 3.63) is 182 Å². The number of para-hydroxylation sites is 3. The summed E-state index contributed by atoms with van der Waals surface area (Å²) in [5.41, 5.74) is 10.9. The zero-order valence-electron chi connectivity index (χ0n) is 28.1. The van der Waals surface area contributed by atoms with Crippen molar-refractivity contribution in [2.75, 3.05) is 0 Å². The smallest absolute Gasteiger partial charge is 0.235 e. The van der Waals surface area contributed by atoms with Crippen LogP contribution in [0, 0.1) is 0 Å². The topological polar surface area (TPSA) is 35.6 Å². The van der Waals surface area contributed by atoms with E-state index in [2.05, 4.69) is 191 Å². The van der Waals surface area contributed by atoms with E-state index in [-0.39, 0.29) is 0 Å². The molecule has 52 heavy (non-hydrogen) atoms. The monoisotopic (exact) mass is 662 g/mol. The molecule has 0 radical (unpaired) electrons. The van der Waals surface area contributed by atoms with Gasteiger partial charge in [0, 0.05) is 37.9 Å². The van der Waals surface area contributed by atoms with Gasteiger partial charge in [0.2, 0.25) is 5.95 Å². The summed E-state index contributed by atoms with van der Waals surface area (Å²) in [5.74, 6) is 0.657. The van der Waals surface area contributed by atoms with E-state index < -0.39 is 0 Å². The van der Waals surface area contributed by atoms with Crippen molar-refractivity contribution in [3.63, 3.8) is 0 Å². The predicted molar refractivity (Wildman–Crippen MR) is 217 cm³/mol. The number of rotatable bonds is 4. The Balaban J connectivity index is 1.20. The lowest BCUT2D eigenvalue weighted by Crippen LogP contribution is -2.03. The van der Waals surface area contributed by atoms with Gasteiger partial charge in [-0.1, -0.05) is 146 Å². The molecule has 242 valence electrons. The molecule has 0 saturated heterocycles. The SMILES string of the molecule is c1ccc(-c2ccc(-c3nc(-n4c5ccccc5c5c6c7ccccc7n(-c7cccc8ccccc78)c6ccc54)nc4ccccc34)cc2)cc1. The minimum absolute atomic E-state index is 0.657. The molecule has 0 unspecified atom stereocenters. The first kappa shape index (κ1) is 28.8. The van der Waals surface area contributed by atoms with Crippen LogP contribution in [0.25, 0.3) is 99.3 Å². The summed E-state index contributed by atoms with van der Waals surface area (Å²) in [4.78, 5) is 10.6. The quantitative estimate of drug-likeness (QED) is 0.188. The van der Waals surface area contributed by atoms with E-state index in [9.17, 15) is 0 Å². The van der Waals surface area contributed by atoms with Crippen LogP contribution in [-0.4, -0.2) is 19.1 Å². The van der Waals surface area contributed by atoms with E-state index in [1.165, 1.54) is 60.2 Å². The van der Waals surface area contributed by atoms with Crippen LogP contribution < -0.4 is 0 Å². The standard InChI is InChI=1S/C48H30N4/c1-2-13-31(14-3-1)32-25-27-34(28-26-32)47-36-18-6-9-21-39(36)49-48(50-47)52-42-23-11-8-20-38(42)46-44(52)30-29-43-45(46)37-19-7-10-22-41(37)51(43)40-24-12-16-33-15-4-5-17-35(33)40/h1-30H. The Labute approximate surface area is 299 Å². The summed E-state index contributed by atoms with van der Waals surface area (Å²) < 4.78 is 4.69. The van der Waals surface area contributed by atoms with Gasteiger partial charge in [-0.05, 0) is 52.9 Å². The van der Waals surface area contributed by atoms with E-state index in [0.29, 0.717) is 5.95 Å². The molecule has 0 atom stereocenters. The van der Waals surface area contributed by atoms with Crippen molar-refractivity contribution in [2.45, 2.75) is 0 Å². The van der Waals surface area contributed by atoms with Crippen molar-refractivity contribution >= 4 is 65.3 Å². The van der Waals surface area contributed by atoms with Crippen LogP contribution >= 0.6 is 0 Å². The normalized spacial score (nSPS) is 11.8. The number of hydrogen-bond donors (Lipinski definition) is 0. The Bertz CT molecular complexity index is 3160. The highest BCUT2D eigenvalue weighted by atomic mass is 15.2. The Morgan fingerprint density at radius 2 is 0.865 bits per heavy atom. The molecule has 3 heterocycles. The highest BCUT2D eigenvalue weighted by Crippen LogP contribution is 2.43. The van der Waals surface area contributed by atoms with Crippen LogP contribution in [0.5, 0.6) is 0 Å². The zero-order valence-corrected chi connectivity index (χ0v) is 28.1. The van der Waals surface area contributed by atoms with Crippen molar-refractivity contribution in [1.29, 1.82) is 0 Å². The van der Waals surface area contributed by atoms with Crippen molar-refractivity contribution in [3.8, 4) is 34.0 Å². The molecular weight excluding hydrogens is 633 g/mol. The van der Waals surface area contributed by atoms with Crippen LogP contribution in [-0.2, 0) is 0 Å². The Kier molecular flexibility index (Phi) is 6.22. The number of benzene rings is 8. The van der Waals surface area contributed by atoms with Gasteiger partial charge in [0.1, 0.15) is 0 Å². The molecule has 0 saturated carbocycles. The number of aromatic nitrogens is 4. The molecule has 0 fully saturated rings. The molecular formula is C48H30N4. The van der Waals surface area contributed by atoms with Crippen LogP contribution in [0.4, 0.5) is 0 Å². The third-order valence-electron chi connectivity index (χ3n) is 10.5. The summed E-state index contributed by atoms with van der Waals surface area (Å²) in [6.45, 7) is 0. The fraction of sp³-hybridized carbons (Fsp3) is 0. The third kappa shape index (κ3) is 4.21. The minimum Gasteiger partial charge on any atom is -0.309 e. The maximum absolute atomic E-state index is 5.39. The van der Waals surface area contributed by atoms with E-state index in [1.807, 2.05) is 0 Å². The lowest BCUT2D eigenvalue weighted by Gasteiger charge is -2.13. The Morgan fingerprint density at radius 1 is 0.327 bits per heavy atom. The summed E-state index contributed by atoms with van der Waals surface area (Å²) in [5, 5.41) is 8.31. The van der Waals surface area contributed by atoms with E-state index in [4.69, 9.17) is 9.97 Å². The molecule has 11 rings (SSSR count). The van der Waals surface area contributed by atoms with Gasteiger partial charge in [0.15, 0.2) is 0 Å². The second kappa shape index (κ2) is 11.2. The third-order valence-corrected chi connectivity index (χ3v) is 10.5. The molecule has 11 aromatic rings. The highest BCUT2D eigenvalue weighted by Gasteiger charge is 2.22. The van der Waals surface area contributed by atoms with Gasteiger partial charge >= 0.3 is 0 Å². The maximum atomic E-state index is 5.39.